The third-order valence-electron chi connectivity index (χ3n) is 6.58. The van der Waals surface area contributed by atoms with Crippen LogP contribution in [0, 0.1) is 30.6 Å². The number of carbonyl (C=O) groups excluding carboxylic acids is 1. The highest BCUT2D eigenvalue weighted by molar-refractivity contribution is 6.00. The summed E-state index contributed by atoms with van der Waals surface area (Å²) in [5, 5.41) is 11.0. The van der Waals surface area contributed by atoms with E-state index in [1.165, 1.54) is 0 Å². The number of rotatable bonds is 3. The first-order chi connectivity index (χ1) is 16.6. The van der Waals surface area contributed by atoms with Crippen molar-refractivity contribution in [2.45, 2.75) is 46.5 Å². The van der Waals surface area contributed by atoms with E-state index in [-0.39, 0.29) is 22.7 Å². The molecule has 1 aromatic heterocycles. The minimum absolute atomic E-state index is 0.0207. The van der Waals surface area contributed by atoms with E-state index in [0.29, 0.717) is 41.4 Å². The second-order valence-electron chi connectivity index (χ2n) is 10.2. The highest BCUT2D eigenvalue weighted by atomic mass is 16.5. The normalized spacial score (nSPS) is 19.3. The van der Waals surface area contributed by atoms with Crippen molar-refractivity contribution in [3.8, 4) is 17.7 Å². The van der Waals surface area contributed by atoms with Gasteiger partial charge in [-0.15, -0.1) is 0 Å². The molecule has 0 radical (unpaired) electrons. The number of ketones is 1. The van der Waals surface area contributed by atoms with Crippen LogP contribution < -0.4 is 10.5 Å². The van der Waals surface area contributed by atoms with Gasteiger partial charge in [0, 0.05) is 29.4 Å². The number of carbonyl (C=O) groups is 1. The topological polar surface area (TPSA) is 98.2 Å². The van der Waals surface area contributed by atoms with Crippen LogP contribution >= 0.6 is 0 Å². The first kappa shape index (κ1) is 22.7. The van der Waals surface area contributed by atoms with Gasteiger partial charge in [-0.25, -0.2) is 4.98 Å². The van der Waals surface area contributed by atoms with Crippen LogP contribution in [0.1, 0.15) is 49.3 Å². The maximum Gasteiger partial charge on any atom is 0.224 e. The van der Waals surface area contributed by atoms with Crippen LogP contribution in [-0.4, -0.2) is 10.8 Å². The Labute approximate surface area is 204 Å². The predicted octanol–water partition coefficient (Wildman–Crippen LogP) is 6.09. The molecule has 176 valence electrons. The van der Waals surface area contributed by atoms with Gasteiger partial charge in [0.05, 0.1) is 11.4 Å². The Morgan fingerprint density at radius 3 is 2.51 bits per heavy atom. The van der Waals surface area contributed by atoms with Gasteiger partial charge in [-0.1, -0.05) is 43.2 Å². The summed E-state index contributed by atoms with van der Waals surface area (Å²) in [7, 11) is 0. The number of nitriles is 1. The summed E-state index contributed by atoms with van der Waals surface area (Å²) in [5.74, 6) is 0.730. The molecule has 3 aromatic rings. The molecule has 0 bridgehead atoms. The summed E-state index contributed by atoms with van der Waals surface area (Å²) in [6.07, 6.45) is 0.914. The maximum atomic E-state index is 13.4. The van der Waals surface area contributed by atoms with Crippen molar-refractivity contribution in [1.82, 2.24) is 4.98 Å². The van der Waals surface area contributed by atoms with Gasteiger partial charge >= 0.3 is 0 Å². The maximum absolute atomic E-state index is 13.4. The zero-order valence-electron chi connectivity index (χ0n) is 20.3. The van der Waals surface area contributed by atoms with E-state index in [1.807, 2.05) is 76.2 Å². The minimum atomic E-state index is -0.717. The van der Waals surface area contributed by atoms with Crippen LogP contribution in [-0.2, 0) is 9.53 Å². The number of hydrogen-bond acceptors (Lipinski definition) is 6. The van der Waals surface area contributed by atoms with Gasteiger partial charge in [0.1, 0.15) is 23.2 Å². The monoisotopic (exact) mass is 465 g/mol. The van der Waals surface area contributed by atoms with Crippen LogP contribution in [0.2, 0.25) is 0 Å². The van der Waals surface area contributed by atoms with Crippen molar-refractivity contribution in [2.24, 2.45) is 11.1 Å². The zero-order valence-corrected chi connectivity index (χ0v) is 20.3. The van der Waals surface area contributed by atoms with Crippen molar-refractivity contribution in [1.29, 1.82) is 5.26 Å². The Hall–Kier alpha value is -4.11. The number of fused-ring (bicyclic) bond motifs is 1. The SMILES string of the molecule is Cc1ccc(Oc2nc3ccc(C)cc3cc2C2C(C#N)=C(N)OC3=C2C(=O)CC(C)(C)C3)cc1. The number of benzene rings is 2. The summed E-state index contributed by atoms with van der Waals surface area (Å²) in [5.41, 5.74) is 10.2. The number of aryl methyl sites for hydroxylation is 2. The molecule has 2 heterocycles. The number of aromatic nitrogens is 1. The number of allylic oxidation sites excluding steroid dienone is 3. The molecule has 2 N–H and O–H groups in total. The molecule has 5 rings (SSSR count). The van der Waals surface area contributed by atoms with Gasteiger partial charge in [0.15, 0.2) is 5.78 Å². The van der Waals surface area contributed by atoms with E-state index in [9.17, 15) is 10.1 Å². The summed E-state index contributed by atoms with van der Waals surface area (Å²) < 4.78 is 12.1. The lowest BCUT2D eigenvalue weighted by molar-refractivity contribution is -0.119. The Balaban J connectivity index is 1.76. The number of pyridine rings is 1. The van der Waals surface area contributed by atoms with E-state index < -0.39 is 5.92 Å². The molecule has 6 nitrogen and oxygen atoms in total. The fourth-order valence-electron chi connectivity index (χ4n) is 4.90. The largest absolute Gasteiger partial charge is 0.444 e. The van der Waals surface area contributed by atoms with E-state index >= 15 is 0 Å². The van der Waals surface area contributed by atoms with Gasteiger partial charge in [-0.2, -0.15) is 5.26 Å². The molecule has 1 aliphatic heterocycles. The molecule has 1 unspecified atom stereocenters. The van der Waals surface area contributed by atoms with Gasteiger partial charge in [-0.05, 0) is 49.6 Å². The first-order valence-electron chi connectivity index (χ1n) is 11.6. The van der Waals surface area contributed by atoms with Crippen molar-refractivity contribution < 1.29 is 14.3 Å². The number of ether oxygens (including phenoxy) is 2. The molecule has 6 heteroatoms. The summed E-state index contributed by atoms with van der Waals surface area (Å²) in [6.45, 7) is 8.07. The number of nitrogens with zero attached hydrogens (tertiary/aromatic N) is 2. The quantitative estimate of drug-likeness (QED) is 0.502. The summed E-state index contributed by atoms with van der Waals surface area (Å²) >= 11 is 0. The van der Waals surface area contributed by atoms with E-state index in [2.05, 4.69) is 6.07 Å². The van der Waals surface area contributed by atoms with E-state index in [1.54, 1.807) is 0 Å². The highest BCUT2D eigenvalue weighted by Gasteiger charge is 2.44. The van der Waals surface area contributed by atoms with Crippen LogP contribution in [0.5, 0.6) is 11.6 Å². The first-order valence-corrected chi connectivity index (χ1v) is 11.6. The molecule has 2 aromatic carbocycles. The van der Waals surface area contributed by atoms with Crippen LogP contribution in [0.25, 0.3) is 10.9 Å². The predicted molar refractivity (Wildman–Crippen MR) is 133 cm³/mol. The fraction of sp³-hybridized carbons (Fsp3) is 0.276. The molecule has 0 amide bonds. The fourth-order valence-corrected chi connectivity index (χ4v) is 4.90. The third kappa shape index (κ3) is 4.15. The lowest BCUT2D eigenvalue weighted by Crippen LogP contribution is -2.33. The summed E-state index contributed by atoms with van der Waals surface area (Å²) in [4.78, 5) is 18.3. The molecule has 0 fully saturated rings. The van der Waals surface area contributed by atoms with E-state index in [0.717, 1.165) is 22.0 Å². The molecular weight excluding hydrogens is 438 g/mol. The van der Waals surface area contributed by atoms with Crippen LogP contribution in [0.3, 0.4) is 0 Å². The Morgan fingerprint density at radius 2 is 1.80 bits per heavy atom. The lowest BCUT2D eigenvalue weighted by Gasteiger charge is -2.37. The number of Topliss-reactive ketones (excluding diaryl/α,β-unsaturated/α-hetero) is 1. The number of hydrogen-bond donors (Lipinski definition) is 1. The average molecular weight is 466 g/mol. The molecule has 1 aliphatic carbocycles. The molecule has 35 heavy (non-hydrogen) atoms. The van der Waals surface area contributed by atoms with Gasteiger partial charge < -0.3 is 15.2 Å². The molecule has 0 saturated carbocycles. The molecule has 0 saturated heterocycles. The minimum Gasteiger partial charge on any atom is -0.444 e. The Kier molecular flexibility index (Phi) is 5.36. The molecule has 1 atom stereocenters. The van der Waals surface area contributed by atoms with Gasteiger partial charge in [-0.3, -0.25) is 4.79 Å². The third-order valence-corrected chi connectivity index (χ3v) is 6.58. The van der Waals surface area contributed by atoms with Crippen molar-refractivity contribution in [3.63, 3.8) is 0 Å². The number of nitrogens with two attached hydrogens (primary N) is 1. The van der Waals surface area contributed by atoms with Crippen LogP contribution in [0.15, 0.2) is 71.3 Å². The Morgan fingerprint density at radius 1 is 1.09 bits per heavy atom. The van der Waals surface area contributed by atoms with Crippen molar-refractivity contribution in [2.75, 3.05) is 0 Å². The second-order valence-corrected chi connectivity index (χ2v) is 10.2. The highest BCUT2D eigenvalue weighted by Crippen LogP contribution is 2.50. The smallest absolute Gasteiger partial charge is 0.224 e. The zero-order chi connectivity index (χ0) is 24.9. The Bertz CT molecular complexity index is 1470. The van der Waals surface area contributed by atoms with Crippen molar-refractivity contribution >= 4 is 16.7 Å². The molecular formula is C29H27N3O3. The molecule has 2 aliphatic rings. The van der Waals surface area contributed by atoms with Gasteiger partial charge in [0.25, 0.3) is 0 Å². The lowest BCUT2D eigenvalue weighted by atomic mass is 9.70. The average Bonchev–Trinajstić information content (AvgIpc) is 2.78. The standard InChI is InChI=1S/C29H27N3O3/c1-16-5-8-19(9-6-16)34-28-20(12-18-11-17(2)7-10-22(18)32-28)25-21(15-30)27(31)35-24-14-29(3,4)13-23(33)26(24)25/h5-12,25H,13-14,31H2,1-4H3. The van der Waals surface area contributed by atoms with Crippen LogP contribution in [0.4, 0.5) is 0 Å². The second kappa shape index (κ2) is 8.28. The van der Waals surface area contributed by atoms with Crippen molar-refractivity contribution in [3.05, 3.63) is 88.0 Å². The summed E-state index contributed by atoms with van der Waals surface area (Å²) in [6, 6.07) is 17.8. The van der Waals surface area contributed by atoms with E-state index in [4.69, 9.17) is 20.2 Å². The van der Waals surface area contributed by atoms with Gasteiger partial charge in [0.2, 0.25) is 11.8 Å². The molecule has 0 spiro atoms.